The van der Waals surface area contributed by atoms with Crippen LogP contribution in [0.25, 0.3) is 0 Å². The van der Waals surface area contributed by atoms with Crippen molar-refractivity contribution in [1.29, 1.82) is 0 Å². The van der Waals surface area contributed by atoms with Crippen molar-refractivity contribution < 1.29 is 4.79 Å². The van der Waals surface area contributed by atoms with Crippen LogP contribution in [-0.4, -0.2) is 10.5 Å². The summed E-state index contributed by atoms with van der Waals surface area (Å²) in [6.07, 6.45) is 0. The summed E-state index contributed by atoms with van der Waals surface area (Å²) in [6.45, 7) is 5.42. The van der Waals surface area contributed by atoms with Gasteiger partial charge in [-0.1, -0.05) is 0 Å². The van der Waals surface area contributed by atoms with Crippen LogP contribution in [-0.2, 0) is 0 Å². The lowest BCUT2D eigenvalue weighted by Gasteiger charge is -2.01. The fourth-order valence-corrected chi connectivity index (χ4v) is 1.17. The Hall–Kier alpha value is -1.05. The molecule has 1 aromatic rings. The molecule has 0 N–H and O–H groups in total. The standard InChI is InChI=1S/C8H11NO/c1-6-4-5-7(2)9(6)8(3)10/h4-5H,1-3H3. The van der Waals surface area contributed by atoms with Gasteiger partial charge in [-0.2, -0.15) is 0 Å². The van der Waals surface area contributed by atoms with Crippen LogP contribution in [0.3, 0.4) is 0 Å². The largest absolute Gasteiger partial charge is 0.289 e. The molecule has 1 rings (SSSR count). The Balaban J connectivity index is 3.23. The molecule has 0 bridgehead atoms. The number of aryl methyl sites for hydroxylation is 2. The van der Waals surface area contributed by atoms with Gasteiger partial charge in [0.2, 0.25) is 5.91 Å². The zero-order chi connectivity index (χ0) is 7.72. The van der Waals surface area contributed by atoms with Gasteiger partial charge in [-0.3, -0.25) is 9.36 Å². The van der Waals surface area contributed by atoms with Gasteiger partial charge in [0, 0.05) is 18.3 Å². The number of carbonyl (C=O) groups excluding carboxylic acids is 1. The van der Waals surface area contributed by atoms with Gasteiger partial charge >= 0.3 is 0 Å². The van der Waals surface area contributed by atoms with Crippen molar-refractivity contribution in [3.8, 4) is 0 Å². The molecule has 0 aliphatic heterocycles. The first-order valence-corrected chi connectivity index (χ1v) is 3.29. The van der Waals surface area contributed by atoms with Gasteiger partial charge in [0.15, 0.2) is 0 Å². The average Bonchev–Trinajstić information content (AvgIpc) is 2.11. The minimum Gasteiger partial charge on any atom is -0.289 e. The average molecular weight is 137 g/mol. The highest BCUT2D eigenvalue weighted by Crippen LogP contribution is 2.05. The molecule has 0 atom stereocenters. The van der Waals surface area contributed by atoms with E-state index in [1.165, 1.54) is 0 Å². The van der Waals surface area contributed by atoms with Crippen LogP contribution < -0.4 is 0 Å². The molecule has 0 fully saturated rings. The maximum atomic E-state index is 10.9. The molecule has 0 unspecified atom stereocenters. The summed E-state index contributed by atoms with van der Waals surface area (Å²) < 4.78 is 1.69. The van der Waals surface area contributed by atoms with Crippen molar-refractivity contribution in [1.82, 2.24) is 4.57 Å². The summed E-state index contributed by atoms with van der Waals surface area (Å²) in [7, 11) is 0. The van der Waals surface area contributed by atoms with E-state index >= 15 is 0 Å². The number of hydrogen-bond acceptors (Lipinski definition) is 1. The lowest BCUT2D eigenvalue weighted by atomic mass is 10.5. The van der Waals surface area contributed by atoms with E-state index in [9.17, 15) is 4.79 Å². The van der Waals surface area contributed by atoms with Crippen molar-refractivity contribution in [2.24, 2.45) is 0 Å². The van der Waals surface area contributed by atoms with Crippen molar-refractivity contribution in [2.45, 2.75) is 20.8 Å². The van der Waals surface area contributed by atoms with E-state index in [1.54, 1.807) is 11.5 Å². The van der Waals surface area contributed by atoms with Crippen LogP contribution >= 0.6 is 0 Å². The molecule has 2 heteroatoms. The quantitative estimate of drug-likeness (QED) is 0.534. The van der Waals surface area contributed by atoms with E-state index in [0.717, 1.165) is 11.4 Å². The summed E-state index contributed by atoms with van der Waals surface area (Å²) in [5.41, 5.74) is 2.01. The Kier molecular flexibility index (Phi) is 1.62. The Bertz CT molecular complexity index is 241. The van der Waals surface area contributed by atoms with Crippen LogP contribution in [0.5, 0.6) is 0 Å². The predicted octanol–water partition coefficient (Wildman–Crippen LogP) is 1.77. The van der Waals surface area contributed by atoms with E-state index in [1.807, 2.05) is 26.0 Å². The fraction of sp³-hybridized carbons (Fsp3) is 0.375. The number of nitrogens with zero attached hydrogens (tertiary/aromatic N) is 1. The highest BCUT2D eigenvalue weighted by Gasteiger charge is 2.02. The number of hydrogen-bond donors (Lipinski definition) is 0. The van der Waals surface area contributed by atoms with Gasteiger partial charge in [-0.15, -0.1) is 0 Å². The first-order chi connectivity index (χ1) is 4.63. The second kappa shape index (κ2) is 2.29. The fourth-order valence-electron chi connectivity index (χ4n) is 1.17. The van der Waals surface area contributed by atoms with Crippen molar-refractivity contribution in [2.75, 3.05) is 0 Å². The molecule has 0 saturated heterocycles. The summed E-state index contributed by atoms with van der Waals surface area (Å²) >= 11 is 0. The molecule has 10 heavy (non-hydrogen) atoms. The molecule has 0 aliphatic rings. The predicted molar refractivity (Wildman–Crippen MR) is 40.2 cm³/mol. The van der Waals surface area contributed by atoms with Gasteiger partial charge < -0.3 is 0 Å². The molecule has 54 valence electrons. The lowest BCUT2D eigenvalue weighted by molar-refractivity contribution is 0.0933. The van der Waals surface area contributed by atoms with Gasteiger partial charge in [0.25, 0.3) is 0 Å². The zero-order valence-corrected chi connectivity index (χ0v) is 6.51. The Morgan fingerprint density at radius 2 is 1.70 bits per heavy atom. The van der Waals surface area contributed by atoms with Crippen LogP contribution in [0.2, 0.25) is 0 Å². The Labute approximate surface area is 60.5 Å². The van der Waals surface area contributed by atoms with Gasteiger partial charge in [-0.25, -0.2) is 0 Å². The van der Waals surface area contributed by atoms with Gasteiger partial charge in [0.05, 0.1) is 0 Å². The summed E-state index contributed by atoms with van der Waals surface area (Å²) in [4.78, 5) is 10.9. The van der Waals surface area contributed by atoms with Crippen LogP contribution in [0.1, 0.15) is 23.1 Å². The third-order valence-corrected chi connectivity index (χ3v) is 1.59. The van der Waals surface area contributed by atoms with E-state index in [-0.39, 0.29) is 5.91 Å². The van der Waals surface area contributed by atoms with Gasteiger partial charge in [-0.05, 0) is 26.0 Å². The third kappa shape index (κ3) is 0.967. The SMILES string of the molecule is CC(=O)n1c(C)ccc1C. The van der Waals surface area contributed by atoms with Crippen molar-refractivity contribution >= 4 is 5.91 Å². The Morgan fingerprint density at radius 1 is 1.30 bits per heavy atom. The summed E-state index contributed by atoms with van der Waals surface area (Å²) in [5.74, 6) is 0.0833. The molecular weight excluding hydrogens is 126 g/mol. The minimum atomic E-state index is 0.0833. The van der Waals surface area contributed by atoms with Gasteiger partial charge in [0.1, 0.15) is 0 Å². The number of aromatic nitrogens is 1. The molecule has 2 nitrogen and oxygen atoms in total. The topological polar surface area (TPSA) is 22.0 Å². The molecule has 0 spiro atoms. The molecule has 0 aromatic carbocycles. The summed E-state index contributed by atoms with van der Waals surface area (Å²) in [6, 6.07) is 3.88. The molecule has 1 aromatic heterocycles. The van der Waals surface area contributed by atoms with E-state index in [4.69, 9.17) is 0 Å². The first-order valence-electron chi connectivity index (χ1n) is 3.29. The highest BCUT2D eigenvalue weighted by atomic mass is 16.1. The first kappa shape index (κ1) is 7.06. The highest BCUT2D eigenvalue weighted by molar-refractivity contribution is 5.77. The second-order valence-corrected chi connectivity index (χ2v) is 2.47. The molecule has 0 radical (unpaired) electrons. The number of carbonyl (C=O) groups is 1. The monoisotopic (exact) mass is 137 g/mol. The van der Waals surface area contributed by atoms with Crippen LogP contribution in [0.15, 0.2) is 12.1 Å². The molecule has 0 aliphatic carbocycles. The maximum Gasteiger partial charge on any atom is 0.227 e. The minimum absolute atomic E-state index is 0.0833. The van der Waals surface area contributed by atoms with E-state index in [2.05, 4.69) is 0 Å². The maximum absolute atomic E-state index is 10.9. The van der Waals surface area contributed by atoms with Crippen molar-refractivity contribution in [3.05, 3.63) is 23.5 Å². The molecular formula is C8H11NO. The lowest BCUT2D eigenvalue weighted by Crippen LogP contribution is -2.08. The van der Waals surface area contributed by atoms with Crippen LogP contribution in [0, 0.1) is 13.8 Å². The number of rotatable bonds is 0. The smallest absolute Gasteiger partial charge is 0.227 e. The van der Waals surface area contributed by atoms with E-state index in [0.29, 0.717) is 0 Å². The normalized spacial score (nSPS) is 9.90. The third-order valence-electron chi connectivity index (χ3n) is 1.59. The summed E-state index contributed by atoms with van der Waals surface area (Å²) in [5, 5.41) is 0. The molecule has 0 amide bonds. The second-order valence-electron chi connectivity index (χ2n) is 2.47. The van der Waals surface area contributed by atoms with Crippen LogP contribution in [0.4, 0.5) is 0 Å². The van der Waals surface area contributed by atoms with Crippen molar-refractivity contribution in [3.63, 3.8) is 0 Å². The zero-order valence-electron chi connectivity index (χ0n) is 6.51. The Morgan fingerprint density at radius 3 is 1.90 bits per heavy atom. The molecule has 0 saturated carbocycles. The van der Waals surface area contributed by atoms with E-state index < -0.39 is 0 Å². The molecule has 1 heterocycles.